The summed E-state index contributed by atoms with van der Waals surface area (Å²) in [7, 11) is 0. The number of fused-ring (bicyclic) bond motifs is 3. The van der Waals surface area contributed by atoms with Gasteiger partial charge < -0.3 is 10.6 Å². The van der Waals surface area contributed by atoms with Gasteiger partial charge >= 0.3 is 0 Å². The first-order valence-corrected chi connectivity index (χ1v) is 6.63. The lowest BCUT2D eigenvalue weighted by atomic mass is 9.84. The number of Topliss-reactive ketones (excluding diaryl/α,β-unsaturated/α-hetero) is 2. The number of ketones is 2. The van der Waals surface area contributed by atoms with Crippen molar-refractivity contribution >= 4 is 22.9 Å². The van der Waals surface area contributed by atoms with Crippen LogP contribution in [0.25, 0.3) is 0 Å². The van der Waals surface area contributed by atoms with E-state index in [2.05, 4.69) is 5.32 Å². The molecule has 0 saturated carbocycles. The van der Waals surface area contributed by atoms with E-state index in [4.69, 9.17) is 0 Å². The molecule has 2 unspecified atom stereocenters. The van der Waals surface area contributed by atoms with Crippen LogP contribution in [0.5, 0.6) is 0 Å². The second-order valence-electron chi connectivity index (χ2n) is 5.18. The van der Waals surface area contributed by atoms with Gasteiger partial charge in [-0.15, -0.1) is 0 Å². The molecule has 0 amide bonds. The molecule has 2 aromatic rings. The fourth-order valence-corrected chi connectivity index (χ4v) is 3.04. The van der Waals surface area contributed by atoms with Gasteiger partial charge in [0, 0.05) is 11.3 Å². The summed E-state index contributed by atoms with van der Waals surface area (Å²) in [5.41, 5.74) is 2.96. The molecule has 4 heteroatoms. The van der Waals surface area contributed by atoms with E-state index in [0.717, 1.165) is 11.4 Å². The molecule has 2 atom stereocenters. The summed E-state index contributed by atoms with van der Waals surface area (Å²) in [5, 5.41) is 5.13. The normalized spacial score (nSPS) is 23.4. The third-order valence-electron chi connectivity index (χ3n) is 4.03. The van der Waals surface area contributed by atoms with E-state index in [1.54, 1.807) is 6.07 Å². The number of para-hydroxylation sites is 2. The molecule has 2 aliphatic heterocycles. The second kappa shape index (κ2) is 4.02. The highest BCUT2D eigenvalue weighted by molar-refractivity contribution is 6.15. The van der Waals surface area contributed by atoms with E-state index in [0.29, 0.717) is 11.1 Å². The topological polar surface area (TPSA) is 62.8 Å². The number of nitrogens with two attached hydrogens (primary N) is 1. The molecule has 2 heterocycles. The minimum absolute atomic E-state index is 0.00375. The highest BCUT2D eigenvalue weighted by atomic mass is 16.1. The molecule has 0 fully saturated rings. The molecule has 4 rings (SSSR count). The molecular weight excluding hydrogens is 252 g/mol. The van der Waals surface area contributed by atoms with Gasteiger partial charge in [0.2, 0.25) is 5.78 Å². The van der Waals surface area contributed by atoms with Crippen LogP contribution in [0.15, 0.2) is 48.5 Å². The van der Waals surface area contributed by atoms with Crippen molar-refractivity contribution in [3.8, 4) is 0 Å². The average Bonchev–Trinajstić information content (AvgIpc) is 2.49. The largest absolute Gasteiger partial charge is 0.369 e. The Labute approximate surface area is 115 Å². The van der Waals surface area contributed by atoms with Gasteiger partial charge in [0.15, 0.2) is 17.9 Å². The van der Waals surface area contributed by atoms with Crippen molar-refractivity contribution in [2.75, 3.05) is 5.32 Å². The van der Waals surface area contributed by atoms with Gasteiger partial charge in [-0.2, -0.15) is 0 Å². The summed E-state index contributed by atoms with van der Waals surface area (Å²) in [6.07, 6.45) is 0. The quantitative estimate of drug-likeness (QED) is 0.702. The van der Waals surface area contributed by atoms with Crippen LogP contribution in [0.4, 0.5) is 11.4 Å². The summed E-state index contributed by atoms with van der Waals surface area (Å²) in [5.74, 6) is 0.0168. The minimum Gasteiger partial charge on any atom is -0.369 e. The summed E-state index contributed by atoms with van der Waals surface area (Å²) in [6, 6.07) is 13.9. The Hall–Kier alpha value is -2.46. The Kier molecular flexibility index (Phi) is 2.28. The fourth-order valence-electron chi connectivity index (χ4n) is 3.04. The summed E-state index contributed by atoms with van der Waals surface area (Å²) in [6.45, 7) is 0. The van der Waals surface area contributed by atoms with Gasteiger partial charge in [-0.3, -0.25) is 9.59 Å². The highest BCUT2D eigenvalue weighted by Gasteiger charge is 2.46. The third kappa shape index (κ3) is 1.45. The molecule has 0 aromatic heterocycles. The number of carbonyl (C=O) groups excluding carboxylic acids is 2. The van der Waals surface area contributed by atoms with E-state index < -0.39 is 12.1 Å². The first-order chi connectivity index (χ1) is 9.75. The summed E-state index contributed by atoms with van der Waals surface area (Å²) in [4.78, 5) is 25.2. The predicted molar refractivity (Wildman–Crippen MR) is 74.3 cm³/mol. The van der Waals surface area contributed by atoms with Crippen LogP contribution in [0, 0.1) is 0 Å². The lowest BCUT2D eigenvalue weighted by Crippen LogP contribution is -2.93. The molecule has 2 aromatic carbocycles. The van der Waals surface area contributed by atoms with E-state index >= 15 is 0 Å². The maximum Gasteiger partial charge on any atom is 0.225 e. The maximum absolute atomic E-state index is 12.6. The molecule has 0 spiro atoms. The molecule has 4 nitrogen and oxygen atoms in total. The van der Waals surface area contributed by atoms with Crippen molar-refractivity contribution in [1.29, 1.82) is 0 Å². The van der Waals surface area contributed by atoms with Crippen LogP contribution in [0.1, 0.15) is 20.7 Å². The zero-order valence-electron chi connectivity index (χ0n) is 10.7. The Morgan fingerprint density at radius 3 is 2.40 bits per heavy atom. The number of rotatable bonds is 0. The number of anilines is 1. The molecule has 98 valence electrons. The lowest BCUT2D eigenvalue weighted by Gasteiger charge is -2.34. The molecule has 2 aliphatic rings. The number of quaternary nitrogens is 1. The first-order valence-electron chi connectivity index (χ1n) is 6.63. The smallest absolute Gasteiger partial charge is 0.225 e. The van der Waals surface area contributed by atoms with E-state index in [1.165, 1.54) is 0 Å². The van der Waals surface area contributed by atoms with Gasteiger partial charge in [-0.1, -0.05) is 24.3 Å². The molecule has 0 radical (unpaired) electrons. The minimum atomic E-state index is -0.479. The van der Waals surface area contributed by atoms with Crippen molar-refractivity contribution in [2.24, 2.45) is 0 Å². The first kappa shape index (κ1) is 11.4. The number of benzene rings is 2. The summed E-state index contributed by atoms with van der Waals surface area (Å²) < 4.78 is 0. The van der Waals surface area contributed by atoms with Gasteiger partial charge in [0.05, 0.1) is 5.56 Å². The Bertz CT molecular complexity index is 675. The zero-order chi connectivity index (χ0) is 13.7. The number of carbonyl (C=O) groups is 2. The zero-order valence-corrected chi connectivity index (χ0v) is 10.7. The molecule has 0 aliphatic carbocycles. The van der Waals surface area contributed by atoms with Crippen molar-refractivity contribution in [3.05, 3.63) is 59.7 Å². The van der Waals surface area contributed by atoms with Crippen LogP contribution >= 0.6 is 0 Å². The van der Waals surface area contributed by atoms with Gasteiger partial charge in [-0.25, -0.2) is 0 Å². The van der Waals surface area contributed by atoms with E-state index in [9.17, 15) is 9.59 Å². The number of hydrogen-bond donors (Lipinski definition) is 2. The molecule has 0 saturated heterocycles. The molecular formula is C16H13N2O2+. The fraction of sp³-hybridized carbons (Fsp3) is 0.125. The number of hydrogen-bond acceptors (Lipinski definition) is 3. The van der Waals surface area contributed by atoms with Crippen molar-refractivity contribution in [3.63, 3.8) is 0 Å². The van der Waals surface area contributed by atoms with Crippen LogP contribution in [0.3, 0.4) is 0 Å². The van der Waals surface area contributed by atoms with Crippen molar-refractivity contribution < 1.29 is 14.9 Å². The Morgan fingerprint density at radius 2 is 1.55 bits per heavy atom. The van der Waals surface area contributed by atoms with Crippen LogP contribution < -0.4 is 10.6 Å². The number of nitrogens with one attached hydrogen (secondary N) is 1. The van der Waals surface area contributed by atoms with Crippen molar-refractivity contribution in [2.45, 2.75) is 12.1 Å². The van der Waals surface area contributed by atoms with Crippen LogP contribution in [-0.2, 0) is 0 Å². The van der Waals surface area contributed by atoms with Crippen molar-refractivity contribution in [1.82, 2.24) is 0 Å². The molecule has 0 bridgehead atoms. The van der Waals surface area contributed by atoms with E-state index in [1.807, 2.05) is 47.8 Å². The average molecular weight is 265 g/mol. The van der Waals surface area contributed by atoms with Crippen LogP contribution in [0.2, 0.25) is 0 Å². The second-order valence-corrected chi connectivity index (χ2v) is 5.18. The van der Waals surface area contributed by atoms with Gasteiger partial charge in [0.1, 0.15) is 5.69 Å². The monoisotopic (exact) mass is 265 g/mol. The van der Waals surface area contributed by atoms with E-state index in [-0.39, 0.29) is 11.6 Å². The predicted octanol–water partition coefficient (Wildman–Crippen LogP) is 1.12. The maximum atomic E-state index is 12.6. The molecule has 3 N–H and O–H groups in total. The standard InChI is InChI=1S/C16H12N2O2/c19-15-9-5-1-3-7-11(9)17-14-13(15)18-12-8-4-2-6-10(12)16(14)20/h1-8,13-14,17-18H/p+1. The SMILES string of the molecule is O=C1c2ccccc2[NH2+]C2C(=O)c3ccccc3NC12. The summed E-state index contributed by atoms with van der Waals surface area (Å²) >= 11 is 0. The van der Waals surface area contributed by atoms with Crippen LogP contribution in [-0.4, -0.2) is 23.7 Å². The lowest BCUT2D eigenvalue weighted by molar-refractivity contribution is -0.597. The molecule has 20 heavy (non-hydrogen) atoms. The van der Waals surface area contributed by atoms with Gasteiger partial charge in [-0.05, 0) is 24.3 Å². The van der Waals surface area contributed by atoms with Gasteiger partial charge in [0.25, 0.3) is 0 Å². The third-order valence-corrected chi connectivity index (χ3v) is 4.03. The Balaban J connectivity index is 1.84. The highest BCUT2D eigenvalue weighted by Crippen LogP contribution is 2.28. The Morgan fingerprint density at radius 1 is 0.850 bits per heavy atom.